The molecule has 1 N–H and O–H groups in total. The van der Waals surface area contributed by atoms with Crippen molar-refractivity contribution >= 4 is 5.91 Å². The van der Waals surface area contributed by atoms with Gasteiger partial charge in [-0.2, -0.15) is 0 Å². The van der Waals surface area contributed by atoms with Crippen LogP contribution in [-0.4, -0.2) is 59.6 Å². The number of likely N-dealkylation sites (tertiary alicyclic amines) is 1. The summed E-state index contributed by atoms with van der Waals surface area (Å²) in [4.78, 5) is 15.6. The third kappa shape index (κ3) is 3.18. The first-order chi connectivity index (χ1) is 7.06. The SMILES string of the molecule is CC(C)N(C)C(=O)CN1CCC[C@H]1CO. The Kier molecular flexibility index (Phi) is 4.54. The van der Waals surface area contributed by atoms with Crippen molar-refractivity contribution in [3.05, 3.63) is 0 Å². The monoisotopic (exact) mass is 214 g/mol. The predicted molar refractivity (Wildman–Crippen MR) is 59.6 cm³/mol. The van der Waals surface area contributed by atoms with Crippen LogP contribution in [0, 0.1) is 0 Å². The van der Waals surface area contributed by atoms with Crippen LogP contribution < -0.4 is 0 Å². The Balaban J connectivity index is 2.43. The summed E-state index contributed by atoms with van der Waals surface area (Å²) in [5.74, 6) is 0.144. The molecule has 1 aliphatic rings. The van der Waals surface area contributed by atoms with Gasteiger partial charge < -0.3 is 10.0 Å². The zero-order valence-electron chi connectivity index (χ0n) is 9.94. The maximum atomic E-state index is 11.8. The van der Waals surface area contributed by atoms with Gasteiger partial charge in [0.2, 0.25) is 5.91 Å². The minimum Gasteiger partial charge on any atom is -0.395 e. The van der Waals surface area contributed by atoms with Crippen LogP contribution in [0.1, 0.15) is 26.7 Å². The van der Waals surface area contributed by atoms with E-state index < -0.39 is 0 Å². The minimum absolute atomic E-state index is 0.144. The Hall–Kier alpha value is -0.610. The molecular formula is C11H22N2O2. The molecule has 0 unspecified atom stereocenters. The van der Waals surface area contributed by atoms with Crippen molar-refractivity contribution in [3.8, 4) is 0 Å². The third-order valence-corrected chi connectivity index (χ3v) is 3.22. The summed E-state index contributed by atoms with van der Waals surface area (Å²) in [5.41, 5.74) is 0. The van der Waals surface area contributed by atoms with Crippen molar-refractivity contribution < 1.29 is 9.90 Å². The van der Waals surface area contributed by atoms with Gasteiger partial charge in [0, 0.05) is 19.1 Å². The fraction of sp³-hybridized carbons (Fsp3) is 0.909. The van der Waals surface area contributed by atoms with Crippen molar-refractivity contribution in [1.82, 2.24) is 9.80 Å². The van der Waals surface area contributed by atoms with E-state index in [4.69, 9.17) is 5.11 Å². The zero-order valence-corrected chi connectivity index (χ0v) is 9.94. The molecule has 0 saturated carbocycles. The number of likely N-dealkylation sites (N-methyl/N-ethyl adjacent to an activating group) is 1. The van der Waals surface area contributed by atoms with Gasteiger partial charge in [0.1, 0.15) is 0 Å². The van der Waals surface area contributed by atoms with Crippen molar-refractivity contribution in [2.24, 2.45) is 0 Å². The maximum Gasteiger partial charge on any atom is 0.236 e. The lowest BCUT2D eigenvalue weighted by Crippen LogP contribution is -2.43. The van der Waals surface area contributed by atoms with E-state index >= 15 is 0 Å². The first-order valence-corrected chi connectivity index (χ1v) is 5.66. The normalized spacial score (nSPS) is 22.3. The summed E-state index contributed by atoms with van der Waals surface area (Å²) in [6, 6.07) is 0.433. The van der Waals surface area contributed by atoms with Gasteiger partial charge in [-0.1, -0.05) is 0 Å². The van der Waals surface area contributed by atoms with E-state index in [1.54, 1.807) is 4.90 Å². The maximum absolute atomic E-state index is 11.8. The highest BCUT2D eigenvalue weighted by atomic mass is 16.3. The van der Waals surface area contributed by atoms with Crippen LogP contribution in [-0.2, 0) is 4.79 Å². The molecule has 1 fully saturated rings. The molecule has 0 aromatic carbocycles. The second kappa shape index (κ2) is 5.47. The lowest BCUT2D eigenvalue weighted by Gasteiger charge is -2.27. The minimum atomic E-state index is 0.144. The summed E-state index contributed by atoms with van der Waals surface area (Å²) in [6.45, 7) is 5.55. The Bertz CT molecular complexity index is 219. The van der Waals surface area contributed by atoms with E-state index in [2.05, 4.69) is 4.90 Å². The molecule has 15 heavy (non-hydrogen) atoms. The molecular weight excluding hydrogens is 192 g/mol. The summed E-state index contributed by atoms with van der Waals surface area (Å²) in [5, 5.41) is 9.13. The highest BCUT2D eigenvalue weighted by Crippen LogP contribution is 2.16. The molecule has 4 nitrogen and oxygen atoms in total. The van der Waals surface area contributed by atoms with Gasteiger partial charge in [-0.05, 0) is 33.2 Å². The largest absolute Gasteiger partial charge is 0.395 e. The summed E-state index contributed by atoms with van der Waals surface area (Å²) < 4.78 is 0. The van der Waals surface area contributed by atoms with E-state index in [1.807, 2.05) is 20.9 Å². The van der Waals surface area contributed by atoms with Gasteiger partial charge in [0.15, 0.2) is 0 Å². The molecule has 0 spiro atoms. The zero-order chi connectivity index (χ0) is 11.4. The molecule has 4 heteroatoms. The highest BCUT2D eigenvalue weighted by Gasteiger charge is 2.26. The average Bonchev–Trinajstić information content (AvgIpc) is 2.63. The van der Waals surface area contributed by atoms with E-state index in [0.29, 0.717) is 6.54 Å². The molecule has 1 aliphatic heterocycles. The topological polar surface area (TPSA) is 43.8 Å². The molecule has 1 saturated heterocycles. The predicted octanol–water partition coefficient (Wildman–Crippen LogP) is 0.310. The smallest absolute Gasteiger partial charge is 0.236 e. The van der Waals surface area contributed by atoms with Crippen LogP contribution in [0.4, 0.5) is 0 Å². The molecule has 1 atom stereocenters. The standard InChI is InChI=1S/C11H22N2O2/c1-9(2)12(3)11(15)7-13-6-4-5-10(13)8-14/h9-10,14H,4-8H2,1-3H3/t10-/m0/s1. The number of aliphatic hydroxyl groups excluding tert-OH is 1. The molecule has 0 radical (unpaired) electrons. The molecule has 88 valence electrons. The summed E-state index contributed by atoms with van der Waals surface area (Å²) >= 11 is 0. The fourth-order valence-electron chi connectivity index (χ4n) is 1.88. The quantitative estimate of drug-likeness (QED) is 0.732. The molecule has 0 bridgehead atoms. The molecule has 1 amide bonds. The van der Waals surface area contributed by atoms with Crippen molar-refractivity contribution in [1.29, 1.82) is 0 Å². The Morgan fingerprint density at radius 3 is 2.80 bits per heavy atom. The lowest BCUT2D eigenvalue weighted by molar-refractivity contribution is -0.132. The van der Waals surface area contributed by atoms with Crippen LogP contribution in [0.3, 0.4) is 0 Å². The Morgan fingerprint density at radius 1 is 1.60 bits per heavy atom. The Labute approximate surface area is 91.9 Å². The number of nitrogens with zero attached hydrogens (tertiary/aromatic N) is 2. The third-order valence-electron chi connectivity index (χ3n) is 3.22. The van der Waals surface area contributed by atoms with Crippen molar-refractivity contribution in [2.75, 3.05) is 26.7 Å². The second-order valence-electron chi connectivity index (χ2n) is 4.55. The van der Waals surface area contributed by atoms with Crippen LogP contribution >= 0.6 is 0 Å². The number of amides is 1. The Morgan fingerprint density at radius 2 is 2.27 bits per heavy atom. The lowest BCUT2D eigenvalue weighted by atomic mass is 10.2. The van der Waals surface area contributed by atoms with E-state index in [0.717, 1.165) is 19.4 Å². The van der Waals surface area contributed by atoms with Gasteiger partial charge in [-0.25, -0.2) is 0 Å². The van der Waals surface area contributed by atoms with E-state index in [1.165, 1.54) is 0 Å². The molecule has 0 aliphatic carbocycles. The molecule has 0 aromatic heterocycles. The van der Waals surface area contributed by atoms with Crippen LogP contribution in [0.15, 0.2) is 0 Å². The number of hydrogen-bond acceptors (Lipinski definition) is 3. The van der Waals surface area contributed by atoms with Gasteiger partial charge in [-0.15, -0.1) is 0 Å². The van der Waals surface area contributed by atoms with Crippen LogP contribution in [0.2, 0.25) is 0 Å². The van der Waals surface area contributed by atoms with E-state index in [9.17, 15) is 4.79 Å². The van der Waals surface area contributed by atoms with Gasteiger partial charge in [0.05, 0.1) is 13.2 Å². The first-order valence-electron chi connectivity index (χ1n) is 5.66. The van der Waals surface area contributed by atoms with Crippen molar-refractivity contribution in [2.45, 2.75) is 38.8 Å². The van der Waals surface area contributed by atoms with Crippen LogP contribution in [0.25, 0.3) is 0 Å². The van der Waals surface area contributed by atoms with Crippen LogP contribution in [0.5, 0.6) is 0 Å². The fourth-order valence-corrected chi connectivity index (χ4v) is 1.88. The van der Waals surface area contributed by atoms with Gasteiger partial charge >= 0.3 is 0 Å². The number of carbonyl (C=O) groups excluding carboxylic acids is 1. The number of hydrogen-bond donors (Lipinski definition) is 1. The molecule has 1 heterocycles. The van der Waals surface area contributed by atoms with E-state index in [-0.39, 0.29) is 24.6 Å². The summed E-state index contributed by atoms with van der Waals surface area (Å²) in [6.07, 6.45) is 2.10. The molecule has 1 rings (SSSR count). The number of rotatable bonds is 4. The second-order valence-corrected chi connectivity index (χ2v) is 4.55. The number of aliphatic hydroxyl groups is 1. The first kappa shape index (κ1) is 12.5. The van der Waals surface area contributed by atoms with Gasteiger partial charge in [-0.3, -0.25) is 9.69 Å². The summed E-state index contributed by atoms with van der Waals surface area (Å²) in [7, 11) is 1.83. The number of carbonyl (C=O) groups is 1. The highest BCUT2D eigenvalue weighted by molar-refractivity contribution is 5.78. The van der Waals surface area contributed by atoms with Gasteiger partial charge in [0.25, 0.3) is 0 Å². The van der Waals surface area contributed by atoms with Crippen molar-refractivity contribution in [3.63, 3.8) is 0 Å². The average molecular weight is 214 g/mol. The molecule has 0 aromatic rings.